The Balaban J connectivity index is 0.943. The van der Waals surface area contributed by atoms with Crippen molar-refractivity contribution < 1.29 is 0 Å². The lowest BCUT2D eigenvalue weighted by Gasteiger charge is -2.17. The first-order chi connectivity index (χ1) is 28.6. The van der Waals surface area contributed by atoms with E-state index >= 15 is 0 Å². The van der Waals surface area contributed by atoms with Gasteiger partial charge in [0.25, 0.3) is 0 Å². The Morgan fingerprint density at radius 3 is 1.00 bits per heavy atom. The molecule has 0 aliphatic heterocycles. The van der Waals surface area contributed by atoms with Crippen molar-refractivity contribution in [3.63, 3.8) is 0 Å². The molecular weight excluding hydrogens is 705 g/mol. The van der Waals surface area contributed by atoms with Gasteiger partial charge in [0.05, 0.1) is 22.1 Å². The molecule has 0 amide bonds. The molecule has 0 fully saturated rings. The van der Waals surface area contributed by atoms with Crippen LogP contribution in [0.4, 0.5) is 11.4 Å². The molecule has 0 saturated carbocycles. The molecule has 0 spiro atoms. The molecule has 0 atom stereocenters. The summed E-state index contributed by atoms with van der Waals surface area (Å²) < 4.78 is 4.69. The second-order valence-corrected chi connectivity index (χ2v) is 15.0. The van der Waals surface area contributed by atoms with Crippen LogP contribution in [-0.4, -0.2) is 9.13 Å². The summed E-state index contributed by atoms with van der Waals surface area (Å²) in [5.41, 5.74) is 30.5. The van der Waals surface area contributed by atoms with Crippen molar-refractivity contribution in [2.75, 3.05) is 11.5 Å². The molecule has 4 heteroatoms. The molecule has 0 unspecified atom stereocenters. The third-order valence-corrected chi connectivity index (χ3v) is 11.7. The maximum Gasteiger partial charge on any atom is 0.0541 e. The SMILES string of the molecule is Nc1ccc(N)c(-c2ccc(-c3ccc4c(c3)c3ccccc3n4-c3ccccc3)cc2)c1-c1ccc(-c2ccc3c(c2)c2ccccc2n3-c2ccccc2)cc1. The fourth-order valence-electron chi connectivity index (χ4n) is 8.93. The van der Waals surface area contributed by atoms with Gasteiger partial charge in [-0.05, 0) is 106 Å². The van der Waals surface area contributed by atoms with Crippen LogP contribution in [0.15, 0.2) is 206 Å². The van der Waals surface area contributed by atoms with E-state index in [0.29, 0.717) is 11.4 Å². The standard InChI is InChI=1S/C54H38N4/c55-47-29-30-48(56)54(38-25-21-36(22-26-38)40-28-32-52-46(34-40)44-16-8-10-18-50(44)58(52)42-13-5-2-6-14-42)53(47)37-23-19-35(20-24-37)39-27-31-51-45(33-39)43-15-7-9-17-49(43)57(51)41-11-3-1-4-12-41/h1-34H,55-56H2. The fourth-order valence-corrected chi connectivity index (χ4v) is 8.93. The summed E-state index contributed by atoms with van der Waals surface area (Å²) in [5, 5.41) is 4.93. The molecule has 2 heterocycles. The molecule has 0 saturated heterocycles. The number of benzene rings is 9. The van der Waals surface area contributed by atoms with Crippen LogP contribution in [0.3, 0.4) is 0 Å². The lowest BCUT2D eigenvalue weighted by molar-refractivity contribution is 1.18. The fraction of sp³-hybridized carbons (Fsp3) is 0. The summed E-state index contributed by atoms with van der Waals surface area (Å²) in [6, 6.07) is 73.2. The van der Waals surface area contributed by atoms with Crippen LogP contribution in [0.5, 0.6) is 0 Å². The smallest absolute Gasteiger partial charge is 0.0541 e. The second-order valence-electron chi connectivity index (χ2n) is 15.0. The van der Waals surface area contributed by atoms with Gasteiger partial charge >= 0.3 is 0 Å². The lowest BCUT2D eigenvalue weighted by Crippen LogP contribution is -1.98. The zero-order valence-electron chi connectivity index (χ0n) is 31.7. The van der Waals surface area contributed by atoms with Gasteiger partial charge in [-0.25, -0.2) is 0 Å². The summed E-state index contributed by atoms with van der Waals surface area (Å²) >= 11 is 0. The minimum atomic E-state index is 0.691. The van der Waals surface area contributed by atoms with E-state index in [2.05, 4.69) is 203 Å². The highest BCUT2D eigenvalue weighted by molar-refractivity contribution is 6.11. The summed E-state index contributed by atoms with van der Waals surface area (Å²) in [5.74, 6) is 0. The van der Waals surface area contributed by atoms with E-state index in [0.717, 1.165) is 55.9 Å². The molecule has 274 valence electrons. The largest absolute Gasteiger partial charge is 0.398 e. The molecule has 0 radical (unpaired) electrons. The van der Waals surface area contributed by atoms with Crippen LogP contribution in [-0.2, 0) is 0 Å². The highest BCUT2D eigenvalue weighted by Gasteiger charge is 2.18. The van der Waals surface area contributed by atoms with Crippen molar-refractivity contribution >= 4 is 55.0 Å². The number of anilines is 2. The van der Waals surface area contributed by atoms with Crippen LogP contribution in [0, 0.1) is 0 Å². The number of hydrogen-bond acceptors (Lipinski definition) is 2. The highest BCUT2D eigenvalue weighted by atomic mass is 15.0. The Labute approximate surface area is 336 Å². The van der Waals surface area contributed by atoms with Crippen molar-refractivity contribution in [2.45, 2.75) is 0 Å². The molecule has 2 aromatic heterocycles. The van der Waals surface area contributed by atoms with Gasteiger partial charge in [-0.15, -0.1) is 0 Å². The number of fused-ring (bicyclic) bond motifs is 6. The van der Waals surface area contributed by atoms with Crippen LogP contribution in [0.2, 0.25) is 0 Å². The average molecular weight is 743 g/mol. The zero-order valence-corrected chi connectivity index (χ0v) is 31.7. The molecule has 9 aromatic carbocycles. The minimum Gasteiger partial charge on any atom is -0.398 e. The molecule has 11 aromatic rings. The monoisotopic (exact) mass is 742 g/mol. The van der Waals surface area contributed by atoms with Crippen molar-refractivity contribution in [3.8, 4) is 55.9 Å². The first-order valence-electron chi connectivity index (χ1n) is 19.7. The maximum absolute atomic E-state index is 6.78. The van der Waals surface area contributed by atoms with Gasteiger partial charge in [0.1, 0.15) is 0 Å². The van der Waals surface area contributed by atoms with Crippen molar-refractivity contribution in [2.24, 2.45) is 0 Å². The molecule has 0 aliphatic rings. The molecule has 0 aliphatic carbocycles. The van der Waals surface area contributed by atoms with Crippen LogP contribution >= 0.6 is 0 Å². The number of nitrogens with two attached hydrogens (primary N) is 2. The second kappa shape index (κ2) is 13.4. The first kappa shape index (κ1) is 33.5. The van der Waals surface area contributed by atoms with Crippen LogP contribution in [0.1, 0.15) is 0 Å². The predicted octanol–water partition coefficient (Wildman–Crippen LogP) is 13.7. The number of hydrogen-bond donors (Lipinski definition) is 2. The van der Waals surface area contributed by atoms with Crippen LogP contribution in [0.25, 0.3) is 99.5 Å². The third kappa shape index (κ3) is 5.38. The number of rotatable bonds is 6. The molecule has 58 heavy (non-hydrogen) atoms. The highest BCUT2D eigenvalue weighted by Crippen LogP contribution is 2.43. The molecule has 0 bridgehead atoms. The van der Waals surface area contributed by atoms with Gasteiger partial charge in [-0.3, -0.25) is 0 Å². The summed E-state index contributed by atoms with van der Waals surface area (Å²) in [6.45, 7) is 0. The predicted molar refractivity (Wildman–Crippen MR) is 246 cm³/mol. The first-order valence-corrected chi connectivity index (χ1v) is 19.7. The van der Waals surface area contributed by atoms with Gasteiger partial charge < -0.3 is 20.6 Å². The van der Waals surface area contributed by atoms with Gasteiger partial charge in [0, 0.05) is 55.4 Å². The van der Waals surface area contributed by atoms with E-state index in [-0.39, 0.29) is 0 Å². The minimum absolute atomic E-state index is 0.691. The van der Waals surface area contributed by atoms with E-state index in [1.165, 1.54) is 43.6 Å². The Bertz CT molecular complexity index is 3090. The van der Waals surface area contributed by atoms with E-state index in [1.54, 1.807) is 0 Å². The quantitative estimate of drug-likeness (QED) is 0.167. The van der Waals surface area contributed by atoms with Crippen molar-refractivity contribution in [1.82, 2.24) is 9.13 Å². The Morgan fingerprint density at radius 1 is 0.259 bits per heavy atom. The molecular formula is C54H38N4. The van der Waals surface area contributed by atoms with Gasteiger partial charge in [-0.1, -0.05) is 133 Å². The van der Waals surface area contributed by atoms with E-state index in [9.17, 15) is 0 Å². The van der Waals surface area contributed by atoms with Crippen molar-refractivity contribution in [1.29, 1.82) is 0 Å². The average Bonchev–Trinajstić information content (AvgIpc) is 3.80. The van der Waals surface area contributed by atoms with Gasteiger partial charge in [0.2, 0.25) is 0 Å². The summed E-state index contributed by atoms with van der Waals surface area (Å²) in [6.07, 6.45) is 0. The summed E-state index contributed by atoms with van der Waals surface area (Å²) in [7, 11) is 0. The number of para-hydroxylation sites is 4. The molecule has 4 nitrogen and oxygen atoms in total. The van der Waals surface area contributed by atoms with E-state index < -0.39 is 0 Å². The van der Waals surface area contributed by atoms with Crippen LogP contribution < -0.4 is 11.5 Å². The van der Waals surface area contributed by atoms with Crippen molar-refractivity contribution in [3.05, 3.63) is 206 Å². The Hall–Kier alpha value is -7.82. The van der Waals surface area contributed by atoms with Gasteiger partial charge in [0.15, 0.2) is 0 Å². The molecule has 4 N–H and O–H groups in total. The lowest BCUT2D eigenvalue weighted by atomic mass is 9.90. The molecule has 11 rings (SSSR count). The van der Waals surface area contributed by atoms with E-state index in [1.807, 2.05) is 12.1 Å². The topological polar surface area (TPSA) is 61.9 Å². The number of nitrogen functional groups attached to an aromatic ring is 2. The summed E-state index contributed by atoms with van der Waals surface area (Å²) in [4.78, 5) is 0. The Morgan fingerprint density at radius 2 is 0.586 bits per heavy atom. The van der Waals surface area contributed by atoms with E-state index in [4.69, 9.17) is 11.5 Å². The zero-order chi connectivity index (χ0) is 38.7. The Kier molecular flexibility index (Phi) is 7.76. The van der Waals surface area contributed by atoms with Gasteiger partial charge in [-0.2, -0.15) is 0 Å². The maximum atomic E-state index is 6.78. The number of nitrogens with zero attached hydrogens (tertiary/aromatic N) is 2. The normalized spacial score (nSPS) is 11.6. The third-order valence-electron chi connectivity index (χ3n) is 11.7. The number of aromatic nitrogens is 2.